The van der Waals surface area contributed by atoms with E-state index in [1.54, 1.807) is 19.2 Å². The van der Waals surface area contributed by atoms with Crippen molar-refractivity contribution in [2.75, 3.05) is 27.2 Å². The summed E-state index contributed by atoms with van der Waals surface area (Å²) in [5.41, 5.74) is 0.543. The first-order valence-corrected chi connectivity index (χ1v) is 7.42. The molecule has 0 spiro atoms. The topological polar surface area (TPSA) is 49.8 Å². The summed E-state index contributed by atoms with van der Waals surface area (Å²) in [5.74, 6) is 0.646. The first-order valence-electron chi connectivity index (χ1n) is 7.42. The zero-order valence-electron chi connectivity index (χ0n) is 14.1. The van der Waals surface area contributed by atoms with Crippen LogP contribution in [0.15, 0.2) is 23.3 Å². The highest BCUT2D eigenvalue weighted by molar-refractivity contribution is 14.0. The molecule has 138 valence electrons. The maximum atomic E-state index is 12.3. The summed E-state index contributed by atoms with van der Waals surface area (Å²) in [6.45, 7) is 1.87. The Bertz CT molecular complexity index is 512. The molecule has 0 aliphatic heterocycles. The van der Waals surface area contributed by atoms with Crippen molar-refractivity contribution in [1.82, 2.24) is 15.2 Å². The van der Waals surface area contributed by atoms with E-state index < -0.39 is 12.8 Å². The predicted molar refractivity (Wildman–Crippen MR) is 98.9 cm³/mol. The van der Waals surface area contributed by atoms with Crippen molar-refractivity contribution in [3.63, 3.8) is 0 Å². The van der Waals surface area contributed by atoms with Gasteiger partial charge in [-0.1, -0.05) is 19.4 Å². The number of alkyl halides is 3. The summed E-state index contributed by atoms with van der Waals surface area (Å²) in [6, 6.07) is 3.33. The largest absolute Gasteiger partial charge is 0.468 e. The molecule has 0 aliphatic rings. The number of halogens is 4. The van der Waals surface area contributed by atoms with Crippen LogP contribution < -0.4 is 10.1 Å². The van der Waals surface area contributed by atoms with Gasteiger partial charge in [0.1, 0.15) is 0 Å². The smallest absolute Gasteiger partial charge is 0.422 e. The molecule has 0 radical (unpaired) electrons. The van der Waals surface area contributed by atoms with E-state index in [-0.39, 0.29) is 36.4 Å². The Kier molecular flexibility index (Phi) is 10.7. The molecule has 0 unspecified atom stereocenters. The summed E-state index contributed by atoms with van der Waals surface area (Å²) in [7, 11) is 3.57. The fourth-order valence-corrected chi connectivity index (χ4v) is 1.90. The number of hydrogen-bond acceptors (Lipinski definition) is 3. The second kappa shape index (κ2) is 11.3. The number of nitrogens with zero attached hydrogens (tertiary/aromatic N) is 3. The third-order valence-electron chi connectivity index (χ3n) is 3.08. The Morgan fingerprint density at radius 1 is 1.42 bits per heavy atom. The van der Waals surface area contributed by atoms with Crippen LogP contribution in [-0.4, -0.2) is 49.3 Å². The average molecular weight is 460 g/mol. The van der Waals surface area contributed by atoms with Crippen molar-refractivity contribution in [2.24, 2.45) is 4.99 Å². The molecule has 0 saturated heterocycles. The van der Waals surface area contributed by atoms with Gasteiger partial charge in [-0.05, 0) is 12.5 Å². The molecule has 0 amide bonds. The quantitative estimate of drug-likeness (QED) is 0.385. The Morgan fingerprint density at radius 2 is 2.12 bits per heavy atom. The van der Waals surface area contributed by atoms with Gasteiger partial charge in [-0.2, -0.15) is 13.2 Å². The van der Waals surface area contributed by atoms with Gasteiger partial charge in [0.25, 0.3) is 0 Å². The Labute approximate surface area is 157 Å². The normalized spacial score (nSPS) is 11.7. The molecule has 5 nitrogen and oxygen atoms in total. The van der Waals surface area contributed by atoms with Gasteiger partial charge in [-0.3, -0.25) is 4.99 Å². The van der Waals surface area contributed by atoms with Crippen molar-refractivity contribution < 1.29 is 17.9 Å². The molecule has 0 saturated carbocycles. The minimum absolute atomic E-state index is 0. The molecule has 0 atom stereocenters. The summed E-state index contributed by atoms with van der Waals surface area (Å²) in [4.78, 5) is 9.99. The number of nitrogens with one attached hydrogen (secondary N) is 1. The molecule has 24 heavy (non-hydrogen) atoms. The van der Waals surface area contributed by atoms with Crippen LogP contribution in [0.4, 0.5) is 13.2 Å². The van der Waals surface area contributed by atoms with Gasteiger partial charge in [0.2, 0.25) is 5.88 Å². The lowest BCUT2D eigenvalue weighted by Gasteiger charge is -2.22. The van der Waals surface area contributed by atoms with Crippen LogP contribution in [0.5, 0.6) is 5.88 Å². The molecule has 0 fully saturated rings. The second-order valence-electron chi connectivity index (χ2n) is 5.05. The number of pyridine rings is 1. The van der Waals surface area contributed by atoms with Gasteiger partial charge >= 0.3 is 6.18 Å². The van der Waals surface area contributed by atoms with Crippen LogP contribution in [0.2, 0.25) is 0 Å². The zero-order chi connectivity index (χ0) is 17.3. The highest BCUT2D eigenvalue weighted by Gasteiger charge is 2.29. The number of aromatic nitrogens is 1. The van der Waals surface area contributed by atoms with Crippen molar-refractivity contribution in [2.45, 2.75) is 32.5 Å². The molecule has 0 bridgehead atoms. The maximum absolute atomic E-state index is 12.3. The summed E-state index contributed by atoms with van der Waals surface area (Å²) < 4.78 is 41.6. The number of hydrogen-bond donors (Lipinski definition) is 1. The van der Waals surface area contributed by atoms with Crippen molar-refractivity contribution in [1.29, 1.82) is 0 Å². The Morgan fingerprint density at radius 3 is 2.71 bits per heavy atom. The molecular weight excluding hydrogens is 436 g/mol. The van der Waals surface area contributed by atoms with E-state index in [0.717, 1.165) is 19.4 Å². The minimum atomic E-state index is -4.39. The van der Waals surface area contributed by atoms with Crippen LogP contribution in [0.1, 0.15) is 25.3 Å². The second-order valence-corrected chi connectivity index (χ2v) is 5.05. The Balaban J connectivity index is 0.00000529. The Hall–Kier alpha value is -1.26. The molecule has 0 aromatic carbocycles. The maximum Gasteiger partial charge on any atom is 0.422 e. The van der Waals surface area contributed by atoms with Crippen LogP contribution in [-0.2, 0) is 6.54 Å². The fraction of sp³-hybridized carbons (Fsp3) is 0.600. The van der Waals surface area contributed by atoms with Crippen molar-refractivity contribution in [3.05, 3.63) is 23.9 Å². The van der Waals surface area contributed by atoms with Crippen LogP contribution >= 0.6 is 24.0 Å². The van der Waals surface area contributed by atoms with E-state index in [1.807, 2.05) is 11.9 Å². The summed E-state index contributed by atoms with van der Waals surface area (Å²) >= 11 is 0. The van der Waals surface area contributed by atoms with E-state index in [1.165, 1.54) is 6.20 Å². The van der Waals surface area contributed by atoms with Crippen LogP contribution in [0, 0.1) is 0 Å². The van der Waals surface area contributed by atoms with Crippen molar-refractivity contribution in [3.8, 4) is 5.88 Å². The summed E-state index contributed by atoms with van der Waals surface area (Å²) in [6.07, 6.45) is -0.889. The third kappa shape index (κ3) is 8.55. The monoisotopic (exact) mass is 460 g/mol. The number of rotatable bonds is 7. The molecule has 0 aliphatic carbocycles. The van der Waals surface area contributed by atoms with E-state index in [9.17, 15) is 13.2 Å². The number of aliphatic imine (C=N–C) groups is 1. The number of unbranched alkanes of at least 4 members (excludes halogenated alkanes) is 1. The standard InChI is InChI=1S/C15H23F3N4O.HI/c1-4-5-9-22(3)14(19-2)21-10-12-7-6-8-20-13(12)23-11-15(16,17)18;/h6-8H,4-5,9-11H2,1-3H3,(H,19,21);1H. The lowest BCUT2D eigenvalue weighted by Crippen LogP contribution is -2.39. The highest BCUT2D eigenvalue weighted by atomic mass is 127. The number of guanidine groups is 1. The van der Waals surface area contributed by atoms with Gasteiger partial charge < -0.3 is 15.0 Å². The predicted octanol–water partition coefficient (Wildman–Crippen LogP) is 3.45. The van der Waals surface area contributed by atoms with Gasteiger partial charge in [0.15, 0.2) is 12.6 Å². The molecule has 1 aromatic heterocycles. The molecule has 1 heterocycles. The molecular formula is C15H24F3IN4O. The lowest BCUT2D eigenvalue weighted by atomic mass is 10.2. The molecule has 9 heteroatoms. The van der Waals surface area contributed by atoms with Gasteiger partial charge in [0.05, 0.1) is 0 Å². The van der Waals surface area contributed by atoms with E-state index in [0.29, 0.717) is 11.5 Å². The third-order valence-corrected chi connectivity index (χ3v) is 3.08. The van der Waals surface area contributed by atoms with Gasteiger partial charge in [0, 0.05) is 38.9 Å². The number of ether oxygens (including phenoxy) is 1. The minimum Gasteiger partial charge on any atom is -0.468 e. The van der Waals surface area contributed by atoms with E-state index in [4.69, 9.17) is 4.74 Å². The fourth-order valence-electron chi connectivity index (χ4n) is 1.90. The zero-order valence-corrected chi connectivity index (χ0v) is 16.4. The first-order chi connectivity index (χ1) is 10.9. The lowest BCUT2D eigenvalue weighted by molar-refractivity contribution is -0.154. The van der Waals surface area contributed by atoms with Crippen LogP contribution in [0.25, 0.3) is 0 Å². The van der Waals surface area contributed by atoms with Crippen LogP contribution in [0.3, 0.4) is 0 Å². The molecule has 1 N–H and O–H groups in total. The van der Waals surface area contributed by atoms with Crippen molar-refractivity contribution >= 4 is 29.9 Å². The van der Waals surface area contributed by atoms with E-state index >= 15 is 0 Å². The highest BCUT2D eigenvalue weighted by Crippen LogP contribution is 2.19. The average Bonchev–Trinajstić information content (AvgIpc) is 2.51. The first kappa shape index (κ1) is 22.7. The molecule has 1 aromatic rings. The van der Waals surface area contributed by atoms with Gasteiger partial charge in [-0.25, -0.2) is 4.98 Å². The van der Waals surface area contributed by atoms with Gasteiger partial charge in [-0.15, -0.1) is 24.0 Å². The SMILES string of the molecule is CCCCN(C)C(=NC)NCc1cccnc1OCC(F)(F)F.I. The summed E-state index contributed by atoms with van der Waals surface area (Å²) in [5, 5.41) is 3.11. The van der Waals surface area contributed by atoms with E-state index in [2.05, 4.69) is 22.2 Å². The molecule has 1 rings (SSSR count).